The summed E-state index contributed by atoms with van der Waals surface area (Å²) in [6.07, 6.45) is 1.72. The number of nitrogen functional groups attached to an aromatic ring is 1. The van der Waals surface area contributed by atoms with Gasteiger partial charge in [0.1, 0.15) is 17.1 Å². The fraction of sp³-hybridized carbons (Fsp3) is 0.412. The van der Waals surface area contributed by atoms with Crippen LogP contribution >= 0.6 is 0 Å². The quantitative estimate of drug-likeness (QED) is 0.878. The maximum Gasteiger partial charge on any atom is 0.253 e. The third kappa shape index (κ3) is 2.36. The van der Waals surface area contributed by atoms with E-state index in [1.807, 2.05) is 23.1 Å². The number of fused-ring (bicyclic) bond motifs is 1. The first-order chi connectivity index (χ1) is 10.5. The summed E-state index contributed by atoms with van der Waals surface area (Å²) in [5, 5.41) is 0. The van der Waals surface area contributed by atoms with Crippen molar-refractivity contribution < 1.29 is 4.74 Å². The fourth-order valence-corrected chi connectivity index (χ4v) is 2.92. The van der Waals surface area contributed by atoms with Gasteiger partial charge < -0.3 is 15.4 Å². The molecule has 0 saturated heterocycles. The largest absolute Gasteiger partial charge is 0.491 e. The summed E-state index contributed by atoms with van der Waals surface area (Å²) >= 11 is 0. The van der Waals surface area contributed by atoms with Crippen molar-refractivity contribution >= 4 is 17.1 Å². The second-order valence-corrected chi connectivity index (χ2v) is 6.17. The summed E-state index contributed by atoms with van der Waals surface area (Å²) < 4.78 is 5.75. The molecular weight excluding hydrogens is 280 g/mol. The number of anilines is 3. The van der Waals surface area contributed by atoms with Gasteiger partial charge in [-0.05, 0) is 36.5 Å². The monoisotopic (exact) mass is 300 g/mol. The molecule has 0 aliphatic carbocycles. The van der Waals surface area contributed by atoms with Crippen LogP contribution in [0.3, 0.4) is 0 Å². The minimum Gasteiger partial charge on any atom is -0.491 e. The van der Waals surface area contributed by atoms with E-state index < -0.39 is 10.9 Å². The zero-order valence-electron chi connectivity index (χ0n) is 12.9. The maximum absolute atomic E-state index is 11.9. The fourth-order valence-electron chi connectivity index (χ4n) is 2.92. The van der Waals surface area contributed by atoms with Crippen molar-refractivity contribution in [2.24, 2.45) is 5.92 Å². The van der Waals surface area contributed by atoms with Crippen LogP contribution in [0.4, 0.5) is 17.1 Å². The average Bonchev–Trinajstić information content (AvgIpc) is 2.69. The minimum atomic E-state index is -0.583. The van der Waals surface area contributed by atoms with Crippen LogP contribution in [0, 0.1) is 5.92 Å². The van der Waals surface area contributed by atoms with E-state index in [9.17, 15) is 9.59 Å². The summed E-state index contributed by atoms with van der Waals surface area (Å²) in [5.41, 5.74) is 7.05. The molecule has 0 spiro atoms. The van der Waals surface area contributed by atoms with E-state index in [-0.39, 0.29) is 5.69 Å². The molecule has 0 bridgehead atoms. The smallest absolute Gasteiger partial charge is 0.253 e. The molecule has 22 heavy (non-hydrogen) atoms. The Balaban J connectivity index is 2.07. The molecule has 5 heteroatoms. The summed E-state index contributed by atoms with van der Waals surface area (Å²) in [4.78, 5) is 25.2. The van der Waals surface area contributed by atoms with Crippen LogP contribution in [-0.4, -0.2) is 13.2 Å². The summed E-state index contributed by atoms with van der Waals surface area (Å²) in [7, 11) is 0. The lowest BCUT2D eigenvalue weighted by atomic mass is 10.0. The third-order valence-electron chi connectivity index (χ3n) is 3.93. The molecule has 0 aromatic heterocycles. The molecule has 1 aliphatic heterocycles. The van der Waals surface area contributed by atoms with Gasteiger partial charge >= 0.3 is 0 Å². The standard InChI is InChI=1S/C17H20N2O3/c1-10(2)8-11-4-5-13-12(9-11)19(6-3-7-22-13)15-14(18)16(20)17(15)21/h4-5,9-10H,3,6-8,18H2,1-2H3. The lowest BCUT2D eigenvalue weighted by molar-refractivity contribution is 0.322. The van der Waals surface area contributed by atoms with Crippen LogP contribution in [0.5, 0.6) is 5.75 Å². The molecule has 2 aromatic rings. The predicted octanol–water partition coefficient (Wildman–Crippen LogP) is 1.98. The Hall–Kier alpha value is -2.30. The second kappa shape index (κ2) is 5.48. The van der Waals surface area contributed by atoms with Crippen LogP contribution in [0.15, 0.2) is 27.8 Å². The molecule has 0 fully saturated rings. The van der Waals surface area contributed by atoms with E-state index in [4.69, 9.17) is 10.5 Å². The Morgan fingerprint density at radius 1 is 1.27 bits per heavy atom. The van der Waals surface area contributed by atoms with E-state index in [0.717, 1.165) is 24.3 Å². The van der Waals surface area contributed by atoms with Crippen LogP contribution in [-0.2, 0) is 6.42 Å². The number of hydrogen-bond donors (Lipinski definition) is 1. The van der Waals surface area contributed by atoms with Crippen LogP contribution in [0.2, 0.25) is 0 Å². The van der Waals surface area contributed by atoms with Crippen molar-refractivity contribution in [3.05, 3.63) is 44.2 Å². The average molecular weight is 300 g/mol. The van der Waals surface area contributed by atoms with Crippen LogP contribution < -0.4 is 26.2 Å². The number of nitrogens with two attached hydrogens (primary N) is 1. The van der Waals surface area contributed by atoms with E-state index in [1.165, 1.54) is 5.56 Å². The highest BCUT2D eigenvalue weighted by Gasteiger charge is 2.28. The van der Waals surface area contributed by atoms with Gasteiger partial charge in [-0.15, -0.1) is 0 Å². The van der Waals surface area contributed by atoms with Crippen LogP contribution in [0.1, 0.15) is 25.8 Å². The molecule has 3 rings (SSSR count). The Labute approximate surface area is 129 Å². The highest BCUT2D eigenvalue weighted by molar-refractivity contribution is 5.81. The summed E-state index contributed by atoms with van der Waals surface area (Å²) in [6.45, 7) is 5.53. The SMILES string of the molecule is CC(C)Cc1ccc2c(c1)N(c1c(N)c(=O)c1=O)CCCO2. The van der Waals surface area contributed by atoms with Gasteiger partial charge in [0.2, 0.25) is 0 Å². The lowest BCUT2D eigenvalue weighted by Crippen LogP contribution is -2.41. The highest BCUT2D eigenvalue weighted by atomic mass is 16.5. The van der Waals surface area contributed by atoms with Crippen molar-refractivity contribution in [1.29, 1.82) is 0 Å². The highest BCUT2D eigenvalue weighted by Crippen LogP contribution is 2.37. The summed E-state index contributed by atoms with van der Waals surface area (Å²) in [6, 6.07) is 6.03. The first-order valence-corrected chi connectivity index (χ1v) is 7.61. The van der Waals surface area contributed by atoms with Gasteiger partial charge in [-0.3, -0.25) is 9.59 Å². The number of benzene rings is 1. The first kappa shape index (κ1) is 14.6. The summed E-state index contributed by atoms with van der Waals surface area (Å²) in [5.74, 6) is 1.27. The van der Waals surface area contributed by atoms with Crippen molar-refractivity contribution in [3.8, 4) is 5.75 Å². The normalized spacial score (nSPS) is 14.8. The van der Waals surface area contributed by atoms with Gasteiger partial charge in [-0.2, -0.15) is 0 Å². The zero-order valence-corrected chi connectivity index (χ0v) is 12.9. The van der Waals surface area contributed by atoms with Crippen molar-refractivity contribution in [2.45, 2.75) is 26.7 Å². The molecule has 2 aromatic carbocycles. The predicted molar refractivity (Wildman–Crippen MR) is 87.9 cm³/mol. The van der Waals surface area contributed by atoms with Gasteiger partial charge in [0.15, 0.2) is 0 Å². The van der Waals surface area contributed by atoms with Crippen molar-refractivity contribution in [1.82, 2.24) is 0 Å². The first-order valence-electron chi connectivity index (χ1n) is 7.61. The van der Waals surface area contributed by atoms with E-state index in [1.54, 1.807) is 0 Å². The molecule has 0 unspecified atom stereocenters. The number of nitrogens with zero attached hydrogens (tertiary/aromatic N) is 1. The van der Waals surface area contributed by atoms with Crippen LogP contribution in [0.25, 0.3) is 0 Å². The van der Waals surface area contributed by atoms with Gasteiger partial charge in [0.05, 0.1) is 12.3 Å². The number of hydrogen-bond acceptors (Lipinski definition) is 5. The Morgan fingerprint density at radius 3 is 2.73 bits per heavy atom. The molecule has 5 nitrogen and oxygen atoms in total. The van der Waals surface area contributed by atoms with Gasteiger partial charge in [0, 0.05) is 6.54 Å². The Morgan fingerprint density at radius 2 is 2.05 bits per heavy atom. The van der Waals surface area contributed by atoms with Crippen molar-refractivity contribution in [2.75, 3.05) is 23.8 Å². The van der Waals surface area contributed by atoms with E-state index in [2.05, 4.69) is 13.8 Å². The topological polar surface area (TPSA) is 72.6 Å². The molecule has 116 valence electrons. The molecule has 2 N–H and O–H groups in total. The molecule has 0 radical (unpaired) electrons. The third-order valence-corrected chi connectivity index (χ3v) is 3.93. The Bertz CT molecular complexity index is 773. The molecular formula is C17H20N2O3. The molecule has 1 heterocycles. The van der Waals surface area contributed by atoms with Crippen molar-refractivity contribution in [3.63, 3.8) is 0 Å². The number of rotatable bonds is 3. The minimum absolute atomic E-state index is 0.0621. The Kier molecular flexibility index (Phi) is 3.64. The van der Waals surface area contributed by atoms with Gasteiger partial charge in [-0.25, -0.2) is 0 Å². The van der Waals surface area contributed by atoms with E-state index in [0.29, 0.717) is 24.8 Å². The molecule has 0 amide bonds. The maximum atomic E-state index is 11.9. The second-order valence-electron chi connectivity index (χ2n) is 6.17. The molecule has 0 saturated carbocycles. The zero-order chi connectivity index (χ0) is 15.9. The molecule has 0 atom stereocenters. The van der Waals surface area contributed by atoms with Gasteiger partial charge in [0.25, 0.3) is 10.9 Å². The molecule has 1 aliphatic rings. The lowest BCUT2D eigenvalue weighted by Gasteiger charge is -2.26. The van der Waals surface area contributed by atoms with Gasteiger partial charge in [-0.1, -0.05) is 19.9 Å². The number of ether oxygens (including phenoxy) is 1. The van der Waals surface area contributed by atoms with E-state index >= 15 is 0 Å².